The standard InChI is InChI=1S/C54H36N2/c1-2-19-40(20-3-1)55(52-34-37-16-4-7-21-43(37)46-24-10-13-27-49(46)52)41-30-32-42(33-31-41)56(53-35-38-17-5-8-22-44(38)47-25-11-14-28-50(47)53)54-36-39-18-6-9-23-45(39)48-26-12-15-29-51(48)54/h1-36H. The van der Waals surface area contributed by atoms with Crippen LogP contribution >= 0.6 is 0 Å². The second kappa shape index (κ2) is 13.2. The zero-order chi connectivity index (χ0) is 37.0. The molecular weight excluding hydrogens is 677 g/mol. The van der Waals surface area contributed by atoms with E-state index in [0.29, 0.717) is 0 Å². The van der Waals surface area contributed by atoms with Crippen LogP contribution in [0.1, 0.15) is 0 Å². The van der Waals surface area contributed by atoms with E-state index in [4.69, 9.17) is 0 Å². The molecule has 2 heteroatoms. The monoisotopic (exact) mass is 712 g/mol. The SMILES string of the molecule is c1ccc(N(c2ccc(N(c3cc4ccccc4c4ccccc34)c3cc4ccccc4c4ccccc34)cc2)c2cc3ccccc3c3ccccc23)cc1. The summed E-state index contributed by atoms with van der Waals surface area (Å²) in [6.07, 6.45) is 0. The predicted octanol–water partition coefficient (Wildman–Crippen LogP) is 15.5. The summed E-state index contributed by atoms with van der Waals surface area (Å²) in [6.45, 7) is 0. The zero-order valence-corrected chi connectivity index (χ0v) is 30.7. The van der Waals surface area contributed by atoms with Gasteiger partial charge in [-0.25, -0.2) is 0 Å². The third kappa shape index (κ3) is 5.19. The molecule has 0 heterocycles. The number of rotatable bonds is 6. The quantitative estimate of drug-likeness (QED) is 0.158. The molecule has 0 fully saturated rings. The highest BCUT2D eigenvalue weighted by Crippen LogP contribution is 2.47. The first-order valence-electron chi connectivity index (χ1n) is 19.3. The highest BCUT2D eigenvalue weighted by molar-refractivity contribution is 6.19. The van der Waals surface area contributed by atoms with Crippen molar-refractivity contribution in [1.82, 2.24) is 0 Å². The largest absolute Gasteiger partial charge is 0.310 e. The minimum atomic E-state index is 1.09. The van der Waals surface area contributed by atoms with Gasteiger partial charge in [0, 0.05) is 33.2 Å². The molecule has 0 amide bonds. The molecular formula is C54H36N2. The Hall–Kier alpha value is -7.42. The molecule has 0 aliphatic heterocycles. The van der Waals surface area contributed by atoms with Gasteiger partial charge in [0.1, 0.15) is 0 Å². The molecule has 0 unspecified atom stereocenters. The highest BCUT2D eigenvalue weighted by Gasteiger charge is 2.22. The first kappa shape index (κ1) is 32.0. The number of hydrogen-bond acceptors (Lipinski definition) is 2. The maximum atomic E-state index is 2.48. The van der Waals surface area contributed by atoms with Gasteiger partial charge >= 0.3 is 0 Å². The van der Waals surface area contributed by atoms with E-state index >= 15 is 0 Å². The molecule has 11 rings (SSSR count). The van der Waals surface area contributed by atoms with E-state index in [1.54, 1.807) is 0 Å². The molecule has 0 saturated carbocycles. The lowest BCUT2D eigenvalue weighted by Gasteiger charge is -2.31. The van der Waals surface area contributed by atoms with Gasteiger partial charge < -0.3 is 9.80 Å². The second-order valence-electron chi connectivity index (χ2n) is 14.5. The molecule has 0 bridgehead atoms. The van der Waals surface area contributed by atoms with Crippen LogP contribution < -0.4 is 9.80 Å². The summed E-state index contributed by atoms with van der Waals surface area (Å²) >= 11 is 0. The smallest absolute Gasteiger partial charge is 0.0546 e. The van der Waals surface area contributed by atoms with Crippen molar-refractivity contribution in [1.29, 1.82) is 0 Å². The molecule has 0 aromatic heterocycles. The predicted molar refractivity (Wildman–Crippen MR) is 241 cm³/mol. The van der Waals surface area contributed by atoms with Gasteiger partial charge in [0.2, 0.25) is 0 Å². The van der Waals surface area contributed by atoms with E-state index in [1.165, 1.54) is 64.6 Å². The van der Waals surface area contributed by atoms with E-state index in [1.807, 2.05) is 0 Å². The number of nitrogens with zero attached hydrogens (tertiary/aromatic N) is 2. The van der Waals surface area contributed by atoms with Crippen molar-refractivity contribution in [2.75, 3.05) is 9.80 Å². The summed E-state index contributed by atoms with van der Waals surface area (Å²) < 4.78 is 0. The summed E-state index contributed by atoms with van der Waals surface area (Å²) in [6, 6.07) is 79.6. The van der Waals surface area contributed by atoms with E-state index in [-0.39, 0.29) is 0 Å². The van der Waals surface area contributed by atoms with Gasteiger partial charge in [0.25, 0.3) is 0 Å². The summed E-state index contributed by atoms with van der Waals surface area (Å²) in [5, 5.41) is 14.8. The molecule has 0 spiro atoms. The van der Waals surface area contributed by atoms with Crippen molar-refractivity contribution in [3.63, 3.8) is 0 Å². The average molecular weight is 713 g/mol. The van der Waals surface area contributed by atoms with Gasteiger partial charge in [0.15, 0.2) is 0 Å². The summed E-state index contributed by atoms with van der Waals surface area (Å²) in [7, 11) is 0. The van der Waals surface area contributed by atoms with Gasteiger partial charge in [-0.05, 0) is 103 Å². The van der Waals surface area contributed by atoms with Crippen LogP contribution in [-0.4, -0.2) is 0 Å². The lowest BCUT2D eigenvalue weighted by molar-refractivity contribution is 1.28. The van der Waals surface area contributed by atoms with Crippen molar-refractivity contribution in [2.45, 2.75) is 0 Å². The molecule has 56 heavy (non-hydrogen) atoms. The molecule has 11 aromatic rings. The summed E-state index contributed by atoms with van der Waals surface area (Å²) in [5.41, 5.74) is 6.73. The van der Waals surface area contributed by atoms with E-state index in [2.05, 4.69) is 228 Å². The van der Waals surface area contributed by atoms with Crippen LogP contribution in [0.15, 0.2) is 218 Å². The second-order valence-corrected chi connectivity index (χ2v) is 14.5. The van der Waals surface area contributed by atoms with Gasteiger partial charge in [-0.15, -0.1) is 0 Å². The Bertz CT molecular complexity index is 3140. The van der Waals surface area contributed by atoms with Crippen LogP contribution in [0.4, 0.5) is 34.1 Å². The molecule has 0 atom stereocenters. The molecule has 0 aliphatic rings. The topological polar surface area (TPSA) is 6.48 Å². The Labute approximate surface area is 325 Å². The third-order valence-electron chi connectivity index (χ3n) is 11.3. The number of anilines is 6. The van der Waals surface area contributed by atoms with Crippen LogP contribution in [0, 0.1) is 0 Å². The van der Waals surface area contributed by atoms with Gasteiger partial charge in [0.05, 0.1) is 17.1 Å². The van der Waals surface area contributed by atoms with E-state index in [9.17, 15) is 0 Å². The summed E-state index contributed by atoms with van der Waals surface area (Å²) in [5.74, 6) is 0. The fraction of sp³-hybridized carbons (Fsp3) is 0. The molecule has 0 aliphatic carbocycles. The van der Waals surface area contributed by atoms with E-state index in [0.717, 1.165) is 34.1 Å². The number of fused-ring (bicyclic) bond motifs is 9. The first-order chi connectivity index (χ1) is 27.8. The molecule has 11 aromatic carbocycles. The molecule has 262 valence electrons. The van der Waals surface area contributed by atoms with Crippen molar-refractivity contribution >= 4 is 98.8 Å². The normalized spacial score (nSPS) is 11.6. The maximum absolute atomic E-state index is 2.48. The average Bonchev–Trinajstić information content (AvgIpc) is 3.27. The molecule has 0 saturated heterocycles. The van der Waals surface area contributed by atoms with Crippen molar-refractivity contribution in [3.05, 3.63) is 218 Å². The van der Waals surface area contributed by atoms with Crippen LogP contribution in [0.2, 0.25) is 0 Å². The van der Waals surface area contributed by atoms with Crippen LogP contribution in [0.5, 0.6) is 0 Å². The summed E-state index contributed by atoms with van der Waals surface area (Å²) in [4.78, 5) is 4.88. The number of hydrogen-bond donors (Lipinski definition) is 0. The Morgan fingerprint density at radius 1 is 0.196 bits per heavy atom. The fourth-order valence-electron chi connectivity index (χ4n) is 8.82. The first-order valence-corrected chi connectivity index (χ1v) is 19.3. The molecule has 0 N–H and O–H groups in total. The Kier molecular flexibility index (Phi) is 7.53. The number of benzene rings is 11. The maximum Gasteiger partial charge on any atom is 0.0546 e. The minimum Gasteiger partial charge on any atom is -0.310 e. The molecule has 0 radical (unpaired) electrons. The van der Waals surface area contributed by atoms with E-state index < -0.39 is 0 Å². The van der Waals surface area contributed by atoms with Gasteiger partial charge in [-0.3, -0.25) is 0 Å². The van der Waals surface area contributed by atoms with Gasteiger partial charge in [-0.1, -0.05) is 164 Å². The van der Waals surface area contributed by atoms with Crippen LogP contribution in [0.25, 0.3) is 64.6 Å². The van der Waals surface area contributed by atoms with Crippen LogP contribution in [0.3, 0.4) is 0 Å². The highest BCUT2D eigenvalue weighted by atomic mass is 15.2. The fourth-order valence-corrected chi connectivity index (χ4v) is 8.82. The van der Waals surface area contributed by atoms with Crippen molar-refractivity contribution < 1.29 is 0 Å². The lowest BCUT2D eigenvalue weighted by atomic mass is 9.96. The van der Waals surface area contributed by atoms with Crippen molar-refractivity contribution in [2.24, 2.45) is 0 Å². The Balaban J connectivity index is 1.17. The van der Waals surface area contributed by atoms with Crippen LogP contribution in [-0.2, 0) is 0 Å². The van der Waals surface area contributed by atoms with Crippen molar-refractivity contribution in [3.8, 4) is 0 Å². The lowest BCUT2D eigenvalue weighted by Crippen LogP contribution is -2.13. The Morgan fingerprint density at radius 2 is 0.464 bits per heavy atom. The molecule has 2 nitrogen and oxygen atoms in total. The minimum absolute atomic E-state index is 1.09. The zero-order valence-electron chi connectivity index (χ0n) is 30.7. The third-order valence-corrected chi connectivity index (χ3v) is 11.3. The number of para-hydroxylation sites is 1. The van der Waals surface area contributed by atoms with Gasteiger partial charge in [-0.2, -0.15) is 0 Å². The Morgan fingerprint density at radius 3 is 0.857 bits per heavy atom.